The Morgan fingerprint density at radius 1 is 1.35 bits per heavy atom. The molecule has 1 saturated carbocycles. The van der Waals surface area contributed by atoms with Crippen molar-refractivity contribution in [2.45, 2.75) is 52.0 Å². The number of ether oxygens (including phenoxy) is 1. The standard InChI is InChI=1S/C16H30N2O2/c1-16(2)8-4-7-14(16)15(19)18(10-11-20-3)12-13-6-5-9-17-13/h13-14,17H,4-12H2,1-3H3. The van der Waals surface area contributed by atoms with Gasteiger partial charge in [0.05, 0.1) is 6.61 Å². The summed E-state index contributed by atoms with van der Waals surface area (Å²) in [5.74, 6) is 0.541. The number of hydrogen-bond donors (Lipinski definition) is 1. The number of carbonyl (C=O) groups excluding carboxylic acids is 1. The van der Waals surface area contributed by atoms with Crippen LogP contribution in [0, 0.1) is 11.3 Å². The molecular weight excluding hydrogens is 252 g/mol. The maximum Gasteiger partial charge on any atom is 0.226 e. The molecule has 2 unspecified atom stereocenters. The predicted molar refractivity (Wildman–Crippen MR) is 80.6 cm³/mol. The van der Waals surface area contributed by atoms with Gasteiger partial charge in [-0.15, -0.1) is 0 Å². The summed E-state index contributed by atoms with van der Waals surface area (Å²) >= 11 is 0. The lowest BCUT2D eigenvalue weighted by atomic mass is 9.81. The van der Waals surface area contributed by atoms with E-state index in [2.05, 4.69) is 19.2 Å². The van der Waals surface area contributed by atoms with E-state index in [9.17, 15) is 4.79 Å². The number of amides is 1. The lowest BCUT2D eigenvalue weighted by molar-refractivity contribution is -0.139. The van der Waals surface area contributed by atoms with Crippen LogP contribution in [-0.4, -0.2) is 50.2 Å². The molecule has 2 rings (SSSR count). The van der Waals surface area contributed by atoms with Gasteiger partial charge in [-0.25, -0.2) is 0 Å². The first kappa shape index (κ1) is 15.8. The van der Waals surface area contributed by atoms with Crippen molar-refractivity contribution in [3.05, 3.63) is 0 Å². The second-order valence-electron chi connectivity index (χ2n) is 7.00. The summed E-state index contributed by atoms with van der Waals surface area (Å²) in [6.45, 7) is 7.77. The zero-order chi connectivity index (χ0) is 14.6. The number of nitrogens with zero attached hydrogens (tertiary/aromatic N) is 1. The van der Waals surface area contributed by atoms with E-state index in [0.717, 1.165) is 26.1 Å². The molecule has 1 amide bonds. The van der Waals surface area contributed by atoms with Gasteiger partial charge in [-0.05, 0) is 37.6 Å². The zero-order valence-electron chi connectivity index (χ0n) is 13.3. The van der Waals surface area contributed by atoms with Crippen LogP contribution in [-0.2, 0) is 9.53 Å². The monoisotopic (exact) mass is 282 g/mol. The maximum atomic E-state index is 12.9. The molecule has 0 radical (unpaired) electrons. The average molecular weight is 282 g/mol. The van der Waals surface area contributed by atoms with Gasteiger partial charge in [0, 0.05) is 32.2 Å². The van der Waals surface area contributed by atoms with Crippen molar-refractivity contribution >= 4 is 5.91 Å². The van der Waals surface area contributed by atoms with Gasteiger partial charge in [0.1, 0.15) is 0 Å². The predicted octanol–water partition coefficient (Wildman–Crippen LogP) is 2.04. The molecule has 0 aromatic rings. The second kappa shape index (κ2) is 6.90. The van der Waals surface area contributed by atoms with Gasteiger partial charge < -0.3 is 15.0 Å². The summed E-state index contributed by atoms with van der Waals surface area (Å²) in [7, 11) is 1.70. The van der Waals surface area contributed by atoms with Crippen LogP contribution in [0.2, 0.25) is 0 Å². The van der Waals surface area contributed by atoms with E-state index in [0.29, 0.717) is 18.6 Å². The fourth-order valence-corrected chi connectivity index (χ4v) is 3.68. The Kier molecular flexibility index (Phi) is 5.44. The number of nitrogens with one attached hydrogen (secondary N) is 1. The first-order valence-corrected chi connectivity index (χ1v) is 8.05. The average Bonchev–Trinajstić information content (AvgIpc) is 3.02. The smallest absolute Gasteiger partial charge is 0.226 e. The molecule has 1 aliphatic carbocycles. The molecule has 20 heavy (non-hydrogen) atoms. The molecule has 0 aromatic carbocycles. The summed E-state index contributed by atoms with van der Waals surface area (Å²) in [4.78, 5) is 14.9. The molecule has 4 nitrogen and oxygen atoms in total. The number of hydrogen-bond acceptors (Lipinski definition) is 3. The van der Waals surface area contributed by atoms with E-state index < -0.39 is 0 Å². The minimum Gasteiger partial charge on any atom is -0.383 e. The van der Waals surface area contributed by atoms with Crippen LogP contribution in [0.3, 0.4) is 0 Å². The van der Waals surface area contributed by atoms with Crippen LogP contribution in [0.15, 0.2) is 0 Å². The van der Waals surface area contributed by atoms with Crippen LogP contribution in [0.4, 0.5) is 0 Å². The first-order chi connectivity index (χ1) is 9.54. The summed E-state index contributed by atoms with van der Waals surface area (Å²) in [5.41, 5.74) is 0.158. The first-order valence-electron chi connectivity index (χ1n) is 8.05. The Bertz CT molecular complexity index is 324. The van der Waals surface area contributed by atoms with E-state index in [1.807, 2.05) is 4.90 Å². The highest BCUT2D eigenvalue weighted by Gasteiger charge is 2.41. The van der Waals surface area contributed by atoms with E-state index in [4.69, 9.17) is 4.74 Å². The third-order valence-corrected chi connectivity index (χ3v) is 5.04. The van der Waals surface area contributed by atoms with Crippen molar-refractivity contribution in [1.29, 1.82) is 0 Å². The van der Waals surface area contributed by atoms with Gasteiger partial charge in [0.15, 0.2) is 0 Å². The molecule has 1 saturated heterocycles. The molecule has 2 aliphatic rings. The van der Waals surface area contributed by atoms with Gasteiger partial charge in [-0.2, -0.15) is 0 Å². The third kappa shape index (κ3) is 3.73. The van der Waals surface area contributed by atoms with Gasteiger partial charge in [0.25, 0.3) is 0 Å². The molecule has 1 N–H and O–H groups in total. The fraction of sp³-hybridized carbons (Fsp3) is 0.938. The zero-order valence-corrected chi connectivity index (χ0v) is 13.3. The molecule has 0 aromatic heterocycles. The van der Waals surface area contributed by atoms with Crippen molar-refractivity contribution in [3.63, 3.8) is 0 Å². The summed E-state index contributed by atoms with van der Waals surface area (Å²) in [5, 5.41) is 3.49. The molecule has 2 atom stereocenters. The van der Waals surface area contributed by atoms with Crippen LogP contribution in [0.1, 0.15) is 46.0 Å². The van der Waals surface area contributed by atoms with E-state index in [1.165, 1.54) is 25.7 Å². The van der Waals surface area contributed by atoms with Crippen LogP contribution in [0.5, 0.6) is 0 Å². The molecule has 2 fully saturated rings. The van der Waals surface area contributed by atoms with Crippen molar-refractivity contribution in [2.75, 3.05) is 33.4 Å². The minimum atomic E-state index is 0.158. The molecular formula is C16H30N2O2. The largest absolute Gasteiger partial charge is 0.383 e. The van der Waals surface area contributed by atoms with Gasteiger partial charge in [-0.1, -0.05) is 20.3 Å². The Balaban J connectivity index is 1.98. The Morgan fingerprint density at radius 2 is 2.15 bits per heavy atom. The van der Waals surface area contributed by atoms with Crippen molar-refractivity contribution in [1.82, 2.24) is 10.2 Å². The van der Waals surface area contributed by atoms with E-state index >= 15 is 0 Å². The number of methoxy groups -OCH3 is 1. The normalized spacial score (nSPS) is 28.8. The number of rotatable bonds is 6. The summed E-state index contributed by atoms with van der Waals surface area (Å²) < 4.78 is 5.19. The Morgan fingerprint density at radius 3 is 2.70 bits per heavy atom. The van der Waals surface area contributed by atoms with Crippen LogP contribution >= 0.6 is 0 Å². The molecule has 116 valence electrons. The van der Waals surface area contributed by atoms with Crippen molar-refractivity contribution in [2.24, 2.45) is 11.3 Å². The highest BCUT2D eigenvalue weighted by molar-refractivity contribution is 5.80. The van der Waals surface area contributed by atoms with Crippen LogP contribution in [0.25, 0.3) is 0 Å². The third-order valence-electron chi connectivity index (χ3n) is 5.04. The van der Waals surface area contributed by atoms with E-state index in [-0.39, 0.29) is 11.3 Å². The van der Waals surface area contributed by atoms with Crippen LogP contribution < -0.4 is 5.32 Å². The van der Waals surface area contributed by atoms with Crippen molar-refractivity contribution < 1.29 is 9.53 Å². The summed E-state index contributed by atoms with van der Waals surface area (Å²) in [6.07, 6.45) is 5.82. The maximum absolute atomic E-state index is 12.9. The van der Waals surface area contributed by atoms with Gasteiger partial charge >= 0.3 is 0 Å². The number of carbonyl (C=O) groups is 1. The Labute approximate surface area is 123 Å². The minimum absolute atomic E-state index is 0.158. The highest BCUT2D eigenvalue weighted by Crippen LogP contribution is 2.43. The van der Waals surface area contributed by atoms with Gasteiger partial charge in [0.2, 0.25) is 5.91 Å². The lowest BCUT2D eigenvalue weighted by Crippen LogP contribution is -2.46. The molecule has 1 heterocycles. The molecule has 1 aliphatic heterocycles. The fourth-order valence-electron chi connectivity index (χ4n) is 3.68. The van der Waals surface area contributed by atoms with E-state index in [1.54, 1.807) is 7.11 Å². The highest BCUT2D eigenvalue weighted by atomic mass is 16.5. The SMILES string of the molecule is COCCN(CC1CCCN1)C(=O)C1CCCC1(C)C. The molecule has 4 heteroatoms. The molecule has 0 bridgehead atoms. The van der Waals surface area contributed by atoms with Crippen molar-refractivity contribution in [3.8, 4) is 0 Å². The quantitative estimate of drug-likeness (QED) is 0.810. The molecule has 0 spiro atoms. The van der Waals surface area contributed by atoms with Gasteiger partial charge in [-0.3, -0.25) is 4.79 Å². The second-order valence-corrected chi connectivity index (χ2v) is 7.00. The Hall–Kier alpha value is -0.610. The lowest BCUT2D eigenvalue weighted by Gasteiger charge is -2.33. The summed E-state index contributed by atoms with van der Waals surface area (Å²) in [6, 6.07) is 0.473. The topological polar surface area (TPSA) is 41.6 Å².